The Morgan fingerprint density at radius 1 is 1.25 bits per heavy atom. The van der Waals surface area contributed by atoms with Crippen LogP contribution in [-0.2, 0) is 14.3 Å². The summed E-state index contributed by atoms with van der Waals surface area (Å²) in [4.78, 5) is 10.7. The highest BCUT2D eigenvalue weighted by molar-refractivity contribution is 5.72. The molecule has 0 aliphatic carbocycles. The van der Waals surface area contributed by atoms with E-state index in [0.29, 0.717) is 0 Å². The number of hydrogen-bond donors (Lipinski definition) is 0. The van der Waals surface area contributed by atoms with Gasteiger partial charge in [-0.25, -0.2) is 4.79 Å². The minimum Gasteiger partial charge on any atom is -0.430 e. The number of rotatable bonds is 1. The predicted octanol–water partition coefficient (Wildman–Crippen LogP) is 1.26. The van der Waals surface area contributed by atoms with Crippen molar-refractivity contribution in [3.63, 3.8) is 0 Å². The summed E-state index contributed by atoms with van der Waals surface area (Å²) in [6.45, 7) is 0.0551. The summed E-state index contributed by atoms with van der Waals surface area (Å²) in [5.41, 5.74) is 0.878. The Bertz CT molecular complexity index is 281. The van der Waals surface area contributed by atoms with Gasteiger partial charge in [0.2, 0.25) is 6.29 Å². The van der Waals surface area contributed by atoms with Gasteiger partial charge in [0.25, 0.3) is 0 Å². The van der Waals surface area contributed by atoms with E-state index in [9.17, 15) is 4.79 Å². The van der Waals surface area contributed by atoms with Crippen LogP contribution in [0.25, 0.3) is 0 Å². The number of benzene rings is 1. The van der Waals surface area contributed by atoms with Crippen LogP contribution in [-0.4, -0.2) is 12.6 Å². The molecule has 0 unspecified atom stereocenters. The first-order valence-electron chi connectivity index (χ1n) is 3.72. The van der Waals surface area contributed by atoms with Crippen molar-refractivity contribution in [2.75, 3.05) is 6.61 Å². The molecule has 1 heterocycles. The van der Waals surface area contributed by atoms with Gasteiger partial charge in [0.15, 0.2) is 0 Å². The van der Waals surface area contributed by atoms with E-state index in [1.54, 1.807) is 0 Å². The largest absolute Gasteiger partial charge is 0.430 e. The molecule has 0 bridgehead atoms. The molecule has 1 fully saturated rings. The molecule has 0 amide bonds. The van der Waals surface area contributed by atoms with E-state index in [1.807, 2.05) is 30.3 Å². The molecule has 0 saturated carbocycles. The van der Waals surface area contributed by atoms with Crippen LogP contribution in [0.1, 0.15) is 11.9 Å². The Morgan fingerprint density at radius 3 is 2.58 bits per heavy atom. The number of esters is 1. The average molecular weight is 164 g/mol. The van der Waals surface area contributed by atoms with E-state index in [-0.39, 0.29) is 12.6 Å². The summed E-state index contributed by atoms with van der Waals surface area (Å²) in [5.74, 6) is -0.302. The van der Waals surface area contributed by atoms with Gasteiger partial charge in [-0.15, -0.1) is 0 Å². The Kier molecular flexibility index (Phi) is 1.80. The van der Waals surface area contributed by atoms with Crippen LogP contribution in [0.2, 0.25) is 0 Å². The zero-order valence-electron chi connectivity index (χ0n) is 6.40. The van der Waals surface area contributed by atoms with Crippen molar-refractivity contribution in [1.29, 1.82) is 0 Å². The first-order chi connectivity index (χ1) is 5.86. The molecule has 1 atom stereocenters. The van der Waals surface area contributed by atoms with Crippen molar-refractivity contribution in [1.82, 2.24) is 0 Å². The summed E-state index contributed by atoms with van der Waals surface area (Å²) >= 11 is 0. The summed E-state index contributed by atoms with van der Waals surface area (Å²) in [6, 6.07) is 9.39. The van der Waals surface area contributed by atoms with Crippen molar-refractivity contribution in [3.8, 4) is 0 Å². The minimum atomic E-state index is -0.501. The molecular weight excluding hydrogens is 156 g/mol. The third kappa shape index (κ3) is 1.31. The van der Waals surface area contributed by atoms with Crippen LogP contribution >= 0.6 is 0 Å². The zero-order valence-corrected chi connectivity index (χ0v) is 6.40. The molecule has 62 valence electrons. The van der Waals surface area contributed by atoms with Gasteiger partial charge in [-0.3, -0.25) is 0 Å². The molecule has 0 radical (unpaired) electrons. The van der Waals surface area contributed by atoms with E-state index >= 15 is 0 Å². The normalized spacial score (nSPS) is 22.3. The summed E-state index contributed by atoms with van der Waals surface area (Å²) in [6.07, 6.45) is -0.501. The maximum absolute atomic E-state index is 10.7. The number of carbonyl (C=O) groups excluding carboxylic acids is 1. The van der Waals surface area contributed by atoms with Gasteiger partial charge in [0, 0.05) is 5.56 Å². The number of hydrogen-bond acceptors (Lipinski definition) is 3. The van der Waals surface area contributed by atoms with E-state index < -0.39 is 6.29 Å². The lowest BCUT2D eigenvalue weighted by Gasteiger charge is -2.06. The van der Waals surface area contributed by atoms with Crippen molar-refractivity contribution in [3.05, 3.63) is 35.9 Å². The van der Waals surface area contributed by atoms with Crippen molar-refractivity contribution in [2.24, 2.45) is 0 Å². The monoisotopic (exact) mass is 164 g/mol. The van der Waals surface area contributed by atoms with E-state index in [4.69, 9.17) is 9.47 Å². The molecule has 2 rings (SSSR count). The van der Waals surface area contributed by atoms with Crippen LogP contribution in [0.3, 0.4) is 0 Å². The first-order valence-corrected chi connectivity index (χ1v) is 3.72. The lowest BCUT2D eigenvalue weighted by atomic mass is 10.2. The second kappa shape index (κ2) is 2.95. The SMILES string of the molecule is O=C1CO[C@H](c2ccccc2)O1. The third-order valence-electron chi connectivity index (χ3n) is 1.66. The van der Waals surface area contributed by atoms with Crippen LogP contribution in [0.4, 0.5) is 0 Å². The highest BCUT2D eigenvalue weighted by Crippen LogP contribution is 2.22. The van der Waals surface area contributed by atoms with Gasteiger partial charge in [0.1, 0.15) is 6.61 Å². The van der Waals surface area contributed by atoms with Crippen LogP contribution < -0.4 is 0 Å². The Morgan fingerprint density at radius 2 is 2.00 bits per heavy atom. The van der Waals surface area contributed by atoms with Gasteiger partial charge < -0.3 is 9.47 Å². The smallest absolute Gasteiger partial charge is 0.334 e. The first kappa shape index (κ1) is 7.31. The topological polar surface area (TPSA) is 35.5 Å². The molecule has 1 aliphatic heterocycles. The summed E-state index contributed by atoms with van der Waals surface area (Å²) in [7, 11) is 0. The molecule has 1 aliphatic rings. The lowest BCUT2D eigenvalue weighted by molar-refractivity contribution is -0.143. The molecule has 3 nitrogen and oxygen atoms in total. The van der Waals surface area contributed by atoms with Gasteiger partial charge in [-0.1, -0.05) is 30.3 Å². The quantitative estimate of drug-likeness (QED) is 0.586. The highest BCUT2D eigenvalue weighted by atomic mass is 16.7. The van der Waals surface area contributed by atoms with Crippen LogP contribution in [0.5, 0.6) is 0 Å². The van der Waals surface area contributed by atoms with Crippen molar-refractivity contribution >= 4 is 5.97 Å². The number of carbonyl (C=O) groups is 1. The van der Waals surface area contributed by atoms with E-state index in [0.717, 1.165) is 5.56 Å². The number of ether oxygens (including phenoxy) is 2. The standard InChI is InChI=1S/C9H8O3/c10-8-6-11-9(12-8)7-4-2-1-3-5-7/h1-5,9H,6H2/t9-/m0/s1. The highest BCUT2D eigenvalue weighted by Gasteiger charge is 2.24. The third-order valence-corrected chi connectivity index (χ3v) is 1.66. The maximum atomic E-state index is 10.7. The maximum Gasteiger partial charge on any atom is 0.334 e. The van der Waals surface area contributed by atoms with Crippen LogP contribution in [0, 0.1) is 0 Å². The number of cyclic esters (lactones) is 1. The molecule has 3 heteroatoms. The second-order valence-electron chi connectivity index (χ2n) is 2.54. The molecule has 1 saturated heterocycles. The second-order valence-corrected chi connectivity index (χ2v) is 2.54. The molecule has 0 aromatic heterocycles. The molecule has 12 heavy (non-hydrogen) atoms. The van der Waals surface area contributed by atoms with Gasteiger partial charge in [0.05, 0.1) is 0 Å². The van der Waals surface area contributed by atoms with Gasteiger partial charge in [-0.2, -0.15) is 0 Å². The fraction of sp³-hybridized carbons (Fsp3) is 0.222. The zero-order chi connectivity index (χ0) is 8.39. The Balaban J connectivity index is 2.16. The predicted molar refractivity (Wildman–Crippen MR) is 41.2 cm³/mol. The van der Waals surface area contributed by atoms with Crippen LogP contribution in [0.15, 0.2) is 30.3 Å². The molecule has 0 N–H and O–H groups in total. The van der Waals surface area contributed by atoms with Crippen molar-refractivity contribution in [2.45, 2.75) is 6.29 Å². The van der Waals surface area contributed by atoms with E-state index in [1.165, 1.54) is 0 Å². The fourth-order valence-electron chi connectivity index (χ4n) is 1.11. The van der Waals surface area contributed by atoms with E-state index in [2.05, 4.69) is 0 Å². The lowest BCUT2D eigenvalue weighted by Crippen LogP contribution is -1.98. The fourth-order valence-corrected chi connectivity index (χ4v) is 1.11. The molecule has 0 spiro atoms. The molecular formula is C9H8O3. The Labute approximate surface area is 69.9 Å². The minimum absolute atomic E-state index is 0.0551. The van der Waals surface area contributed by atoms with Gasteiger partial charge in [-0.05, 0) is 0 Å². The molecule has 1 aromatic rings. The Hall–Kier alpha value is -1.35. The summed E-state index contributed by atoms with van der Waals surface area (Å²) in [5, 5.41) is 0. The van der Waals surface area contributed by atoms with Crippen molar-refractivity contribution < 1.29 is 14.3 Å². The summed E-state index contributed by atoms with van der Waals surface area (Å²) < 4.78 is 9.97. The van der Waals surface area contributed by atoms with Gasteiger partial charge >= 0.3 is 5.97 Å². The molecule has 1 aromatic carbocycles. The average Bonchev–Trinajstić information content (AvgIpc) is 2.54.